The quantitative estimate of drug-likeness (QED) is 0.734. The van der Waals surface area contributed by atoms with E-state index in [2.05, 4.69) is 12.2 Å². The molecule has 2 fully saturated rings. The number of ether oxygens (including phenoxy) is 2. The molecular weight excluding hydrogens is 332 g/mol. The number of hydrogen-bond donors (Lipinski definition) is 1. The molecule has 26 heavy (non-hydrogen) atoms. The molecule has 1 aromatic carbocycles. The maximum atomic E-state index is 12.6. The van der Waals surface area contributed by atoms with E-state index in [1.807, 2.05) is 24.0 Å². The fourth-order valence-electron chi connectivity index (χ4n) is 3.13. The number of nitrogens with one attached hydrogen (secondary N) is 1. The van der Waals surface area contributed by atoms with E-state index in [4.69, 9.17) is 9.47 Å². The van der Waals surface area contributed by atoms with Gasteiger partial charge in [-0.3, -0.25) is 9.59 Å². The van der Waals surface area contributed by atoms with Gasteiger partial charge in [0, 0.05) is 30.8 Å². The van der Waals surface area contributed by atoms with Crippen LogP contribution in [0.1, 0.15) is 46.0 Å². The summed E-state index contributed by atoms with van der Waals surface area (Å²) in [5.41, 5.74) is 0.669. The summed E-state index contributed by atoms with van der Waals surface area (Å²) in [5.74, 6) is 1.04. The number of likely N-dealkylation sites (tertiary alicyclic amines) is 1. The van der Waals surface area contributed by atoms with E-state index < -0.39 is 0 Å². The van der Waals surface area contributed by atoms with Gasteiger partial charge in [0.1, 0.15) is 0 Å². The van der Waals surface area contributed by atoms with Crippen LogP contribution in [0.15, 0.2) is 18.2 Å². The van der Waals surface area contributed by atoms with E-state index in [1.54, 1.807) is 6.07 Å². The van der Waals surface area contributed by atoms with Gasteiger partial charge in [0.2, 0.25) is 11.8 Å². The molecule has 1 aliphatic carbocycles. The molecule has 0 spiro atoms. The second-order valence-corrected chi connectivity index (χ2v) is 7.03. The summed E-state index contributed by atoms with van der Waals surface area (Å²) >= 11 is 0. The zero-order valence-electron chi connectivity index (χ0n) is 15.6. The first kappa shape index (κ1) is 18.5. The molecule has 0 aromatic heterocycles. The van der Waals surface area contributed by atoms with Crippen LogP contribution in [0.3, 0.4) is 0 Å². The maximum Gasteiger partial charge on any atom is 0.229 e. The van der Waals surface area contributed by atoms with Gasteiger partial charge in [-0.1, -0.05) is 13.8 Å². The Balaban J connectivity index is 1.64. The van der Waals surface area contributed by atoms with Crippen molar-refractivity contribution in [1.82, 2.24) is 4.90 Å². The van der Waals surface area contributed by atoms with Gasteiger partial charge in [0.05, 0.1) is 19.1 Å². The third kappa shape index (κ3) is 4.48. The number of carbonyl (C=O) groups is 2. The van der Waals surface area contributed by atoms with E-state index in [-0.39, 0.29) is 17.7 Å². The van der Waals surface area contributed by atoms with Crippen molar-refractivity contribution in [2.45, 2.75) is 52.0 Å². The van der Waals surface area contributed by atoms with E-state index in [0.717, 1.165) is 25.7 Å². The normalized spacial score (nSPS) is 19.5. The van der Waals surface area contributed by atoms with Gasteiger partial charge in [0.15, 0.2) is 11.5 Å². The second-order valence-electron chi connectivity index (χ2n) is 7.03. The number of hydrogen-bond acceptors (Lipinski definition) is 4. The van der Waals surface area contributed by atoms with Crippen LogP contribution in [-0.4, -0.2) is 42.5 Å². The molecule has 2 aliphatic rings. The van der Waals surface area contributed by atoms with E-state index >= 15 is 0 Å². The first-order chi connectivity index (χ1) is 12.6. The van der Waals surface area contributed by atoms with Crippen molar-refractivity contribution in [3.05, 3.63) is 18.2 Å². The van der Waals surface area contributed by atoms with Crippen LogP contribution in [0.2, 0.25) is 0 Å². The summed E-state index contributed by atoms with van der Waals surface area (Å²) in [5, 5.41) is 2.93. The number of amides is 2. The van der Waals surface area contributed by atoms with Gasteiger partial charge >= 0.3 is 0 Å². The minimum Gasteiger partial charge on any atom is -0.490 e. The van der Waals surface area contributed by atoms with Crippen LogP contribution < -0.4 is 14.8 Å². The second kappa shape index (κ2) is 8.43. The van der Waals surface area contributed by atoms with Crippen LogP contribution in [-0.2, 0) is 9.59 Å². The summed E-state index contributed by atoms with van der Waals surface area (Å²) in [6.07, 6.45) is 4.25. The lowest BCUT2D eigenvalue weighted by molar-refractivity contribution is -0.128. The van der Waals surface area contributed by atoms with E-state index in [1.165, 1.54) is 0 Å². The minimum absolute atomic E-state index is 0.0999. The minimum atomic E-state index is -0.279. The first-order valence-corrected chi connectivity index (χ1v) is 9.62. The molecule has 3 rings (SSSR count). The van der Waals surface area contributed by atoms with Crippen LogP contribution in [0.4, 0.5) is 5.69 Å². The lowest BCUT2D eigenvalue weighted by Crippen LogP contribution is -2.29. The largest absolute Gasteiger partial charge is 0.490 e. The third-order valence-corrected chi connectivity index (χ3v) is 4.65. The molecule has 0 unspecified atom stereocenters. The van der Waals surface area contributed by atoms with Crippen LogP contribution in [0.5, 0.6) is 11.5 Å². The summed E-state index contributed by atoms with van der Waals surface area (Å²) < 4.78 is 11.5. The molecule has 1 saturated heterocycles. The average Bonchev–Trinajstić information content (AvgIpc) is 3.40. The highest BCUT2D eigenvalue weighted by molar-refractivity contribution is 5.97. The van der Waals surface area contributed by atoms with Gasteiger partial charge in [-0.15, -0.1) is 0 Å². The van der Waals surface area contributed by atoms with E-state index in [0.29, 0.717) is 49.4 Å². The molecule has 142 valence electrons. The monoisotopic (exact) mass is 360 g/mol. The average molecular weight is 360 g/mol. The Morgan fingerprint density at radius 3 is 2.50 bits per heavy atom. The fourth-order valence-corrected chi connectivity index (χ4v) is 3.13. The lowest BCUT2D eigenvalue weighted by Gasteiger charge is -2.16. The fraction of sp³-hybridized carbons (Fsp3) is 0.600. The molecule has 1 aromatic rings. The van der Waals surface area contributed by atoms with Crippen molar-refractivity contribution in [2.24, 2.45) is 5.92 Å². The van der Waals surface area contributed by atoms with Gasteiger partial charge in [-0.25, -0.2) is 0 Å². The molecule has 1 saturated carbocycles. The van der Waals surface area contributed by atoms with Gasteiger partial charge in [0.25, 0.3) is 0 Å². The Labute approximate surface area is 154 Å². The molecule has 1 aliphatic heterocycles. The molecular formula is C20H28N2O4. The van der Waals surface area contributed by atoms with Gasteiger partial charge in [-0.05, 0) is 37.8 Å². The number of carbonyl (C=O) groups excluding carboxylic acids is 2. The smallest absolute Gasteiger partial charge is 0.229 e. The highest BCUT2D eigenvalue weighted by Crippen LogP contribution is 2.34. The molecule has 1 atom stereocenters. The topological polar surface area (TPSA) is 67.9 Å². The number of benzene rings is 1. The van der Waals surface area contributed by atoms with Crippen molar-refractivity contribution in [2.75, 3.05) is 25.1 Å². The van der Waals surface area contributed by atoms with Crippen LogP contribution >= 0.6 is 0 Å². The van der Waals surface area contributed by atoms with E-state index in [9.17, 15) is 9.59 Å². The summed E-state index contributed by atoms with van der Waals surface area (Å²) in [6.45, 7) is 5.84. The zero-order valence-corrected chi connectivity index (χ0v) is 15.6. The number of nitrogens with zero attached hydrogens (tertiary/aromatic N) is 1. The maximum absolute atomic E-state index is 12.6. The molecule has 6 heteroatoms. The number of rotatable bonds is 9. The molecule has 2 amide bonds. The molecule has 0 radical (unpaired) electrons. The summed E-state index contributed by atoms with van der Waals surface area (Å²) in [7, 11) is 0. The standard InChI is InChI=1S/C20H28N2O4/c1-3-9-25-17-8-5-15(12-18(17)26-10-4-2)21-20(24)14-11-19(23)22(13-14)16-6-7-16/h5,8,12,14,16H,3-4,6-7,9-11,13H2,1-2H3,(H,21,24)/t14-/m0/s1. The van der Waals surface area contributed by atoms with Crippen molar-refractivity contribution >= 4 is 17.5 Å². The molecule has 6 nitrogen and oxygen atoms in total. The van der Waals surface area contributed by atoms with Gasteiger partial charge < -0.3 is 19.7 Å². The number of anilines is 1. The Kier molecular flexibility index (Phi) is 6.01. The molecule has 1 N–H and O–H groups in total. The Hall–Kier alpha value is -2.24. The predicted octanol–water partition coefficient (Wildman–Crippen LogP) is 3.21. The molecule has 1 heterocycles. The SMILES string of the molecule is CCCOc1ccc(NC(=O)[C@H]2CC(=O)N(C3CC3)C2)cc1OCCC. The van der Waals surface area contributed by atoms with Crippen molar-refractivity contribution in [3.8, 4) is 11.5 Å². The first-order valence-electron chi connectivity index (χ1n) is 9.62. The van der Waals surface area contributed by atoms with Gasteiger partial charge in [-0.2, -0.15) is 0 Å². The van der Waals surface area contributed by atoms with Crippen LogP contribution in [0, 0.1) is 5.92 Å². The highest BCUT2D eigenvalue weighted by Gasteiger charge is 2.41. The summed E-state index contributed by atoms with van der Waals surface area (Å²) in [6, 6.07) is 5.81. The van der Waals surface area contributed by atoms with Crippen molar-refractivity contribution in [3.63, 3.8) is 0 Å². The van der Waals surface area contributed by atoms with Crippen LogP contribution in [0.25, 0.3) is 0 Å². The Morgan fingerprint density at radius 1 is 1.15 bits per heavy atom. The van der Waals surface area contributed by atoms with Crippen molar-refractivity contribution < 1.29 is 19.1 Å². The Bertz CT molecular complexity index is 657. The van der Waals surface area contributed by atoms with Crippen molar-refractivity contribution in [1.29, 1.82) is 0 Å². The zero-order chi connectivity index (χ0) is 18.5. The molecule has 0 bridgehead atoms. The Morgan fingerprint density at radius 2 is 1.85 bits per heavy atom. The predicted molar refractivity (Wildman–Crippen MR) is 99.5 cm³/mol. The summed E-state index contributed by atoms with van der Waals surface area (Å²) in [4.78, 5) is 26.5. The third-order valence-electron chi connectivity index (χ3n) is 4.65. The highest BCUT2D eigenvalue weighted by atomic mass is 16.5. The lowest BCUT2D eigenvalue weighted by atomic mass is 10.1.